The number of likely N-dealkylation sites (N-methyl/N-ethyl adjacent to an activating group) is 1. The van der Waals surface area contributed by atoms with Crippen LogP contribution in [0.1, 0.15) is 88.7 Å². The molecule has 2 fully saturated rings. The number of likely N-dealkylation sites (tertiary alicyclic amines) is 2. The van der Waals surface area contributed by atoms with Gasteiger partial charge in [-0.1, -0.05) is 107 Å². The van der Waals surface area contributed by atoms with E-state index >= 15 is 0 Å². The van der Waals surface area contributed by atoms with Gasteiger partial charge in [-0.2, -0.15) is 0 Å². The highest BCUT2D eigenvalue weighted by molar-refractivity contribution is 5.91. The Morgan fingerprint density at radius 2 is 1.25 bits per heavy atom. The molecule has 4 aromatic carbocycles. The highest BCUT2D eigenvalue weighted by atomic mass is 16.5. The quantitative estimate of drug-likeness (QED) is 0.106. The Labute approximate surface area is 357 Å². The topological polar surface area (TPSA) is 140 Å². The van der Waals surface area contributed by atoms with E-state index in [0.717, 1.165) is 107 Å². The SMILES string of the molecule is CCN(CC)[C@@H](C(=O)N1CCC[C@H]1c1ncc(-c2ccc(-c3ccc4cc(-c5cnc([C@@H]6CCCN6C(=O)[C@@H](NC(=O)OC)C(C)C)[nH]5)ccc4c3)cc2)[nH]1)c1ccccc1. The summed E-state index contributed by atoms with van der Waals surface area (Å²) < 4.78 is 4.78. The molecule has 2 aromatic heterocycles. The fourth-order valence-electron chi connectivity index (χ4n) is 9.14. The van der Waals surface area contributed by atoms with E-state index in [1.165, 1.54) is 7.11 Å². The van der Waals surface area contributed by atoms with E-state index in [1.807, 2.05) is 54.2 Å². The summed E-state index contributed by atoms with van der Waals surface area (Å²) in [7, 11) is 1.30. The molecule has 0 radical (unpaired) electrons. The van der Waals surface area contributed by atoms with Gasteiger partial charge in [-0.05, 0) is 89.8 Å². The number of nitrogens with one attached hydrogen (secondary N) is 3. The zero-order valence-corrected chi connectivity index (χ0v) is 35.7. The van der Waals surface area contributed by atoms with Crippen molar-refractivity contribution in [3.8, 4) is 33.6 Å². The molecule has 4 atom stereocenters. The molecule has 3 amide bonds. The van der Waals surface area contributed by atoms with Crippen molar-refractivity contribution in [1.82, 2.24) is 40.0 Å². The van der Waals surface area contributed by atoms with E-state index in [1.54, 1.807) is 0 Å². The molecule has 0 saturated carbocycles. The van der Waals surface area contributed by atoms with Gasteiger partial charge in [0.05, 0.1) is 43.0 Å². The monoisotopic (exact) mass is 820 g/mol. The second kappa shape index (κ2) is 18.1. The number of alkyl carbamates (subject to hydrolysis) is 1. The Morgan fingerprint density at radius 1 is 0.721 bits per heavy atom. The molecule has 0 aliphatic carbocycles. The Hall–Kier alpha value is -6.27. The number of aromatic nitrogens is 4. The number of hydrogen-bond donors (Lipinski definition) is 3. The summed E-state index contributed by atoms with van der Waals surface area (Å²) in [6.07, 6.45) is 6.58. The Morgan fingerprint density at radius 3 is 1.82 bits per heavy atom. The number of H-pyrrole nitrogens is 2. The summed E-state index contributed by atoms with van der Waals surface area (Å²) in [6.45, 7) is 11.0. The third-order valence-corrected chi connectivity index (χ3v) is 12.5. The zero-order chi connectivity index (χ0) is 42.6. The third-order valence-electron chi connectivity index (χ3n) is 12.5. The minimum atomic E-state index is -0.681. The minimum absolute atomic E-state index is 0.0927. The van der Waals surface area contributed by atoms with Crippen molar-refractivity contribution in [2.45, 2.75) is 77.5 Å². The number of benzene rings is 4. The maximum Gasteiger partial charge on any atom is 0.407 e. The van der Waals surface area contributed by atoms with Gasteiger partial charge in [-0.15, -0.1) is 0 Å². The second-order valence-electron chi connectivity index (χ2n) is 16.5. The number of rotatable bonds is 13. The Bertz CT molecular complexity index is 2470. The number of methoxy groups -OCH3 is 1. The molecular weight excluding hydrogens is 765 g/mol. The van der Waals surface area contributed by atoms with Gasteiger partial charge in [0.1, 0.15) is 23.7 Å². The highest BCUT2D eigenvalue weighted by Gasteiger charge is 2.39. The normalized spacial score (nSPS) is 17.6. The number of nitrogens with zero attached hydrogens (tertiary/aromatic N) is 5. The van der Waals surface area contributed by atoms with Crippen LogP contribution in [-0.2, 0) is 14.3 Å². The van der Waals surface area contributed by atoms with E-state index in [2.05, 4.69) is 107 Å². The van der Waals surface area contributed by atoms with Crippen molar-refractivity contribution >= 4 is 28.7 Å². The minimum Gasteiger partial charge on any atom is -0.453 e. The lowest BCUT2D eigenvalue weighted by molar-refractivity contribution is -0.138. The lowest BCUT2D eigenvalue weighted by Gasteiger charge is -2.34. The smallest absolute Gasteiger partial charge is 0.407 e. The molecule has 2 aliphatic heterocycles. The maximum absolute atomic E-state index is 14.3. The van der Waals surface area contributed by atoms with Crippen molar-refractivity contribution in [1.29, 1.82) is 0 Å². The largest absolute Gasteiger partial charge is 0.453 e. The van der Waals surface area contributed by atoms with Gasteiger partial charge < -0.3 is 29.8 Å². The standard InChI is InChI=1S/C49H56N8O4/c1-6-55(7-2)44(34-13-9-8-10-14-34)48(59)57-26-12-16-42(57)46-50-29-39(52-46)33-19-17-32(18-20-33)35-21-22-37-28-38(24-23-36(37)27-35)40-30-51-45(53-40)41-15-11-25-56(41)47(58)43(31(3)4)54-49(60)61-5/h8-10,13-14,17-24,27-31,41-44H,6-7,11-12,15-16,25-26H2,1-5H3,(H,50,52)(H,51,53)(H,54,60)/t41-,42-,43-,44+/m0/s1. The van der Waals surface area contributed by atoms with Crippen LogP contribution >= 0.6 is 0 Å². The molecular formula is C49H56N8O4. The third kappa shape index (κ3) is 8.54. The fourth-order valence-corrected chi connectivity index (χ4v) is 9.14. The van der Waals surface area contributed by atoms with Gasteiger partial charge in [0.25, 0.3) is 0 Å². The zero-order valence-electron chi connectivity index (χ0n) is 35.7. The van der Waals surface area contributed by atoms with E-state index in [-0.39, 0.29) is 35.9 Å². The van der Waals surface area contributed by atoms with Crippen LogP contribution in [0, 0.1) is 5.92 Å². The summed E-state index contributed by atoms with van der Waals surface area (Å²) in [4.78, 5) is 62.6. The van der Waals surface area contributed by atoms with E-state index in [9.17, 15) is 14.4 Å². The summed E-state index contributed by atoms with van der Waals surface area (Å²) in [5, 5.41) is 4.95. The van der Waals surface area contributed by atoms with Gasteiger partial charge in [0.15, 0.2) is 0 Å². The van der Waals surface area contributed by atoms with E-state index in [0.29, 0.717) is 6.54 Å². The number of carbonyl (C=O) groups excluding carboxylic acids is 3. The van der Waals surface area contributed by atoms with Crippen LogP contribution in [-0.4, -0.2) is 91.9 Å². The van der Waals surface area contributed by atoms with Crippen molar-refractivity contribution in [3.05, 3.63) is 121 Å². The molecule has 0 bridgehead atoms. The summed E-state index contributed by atoms with van der Waals surface area (Å²) in [6, 6.07) is 30.3. The van der Waals surface area contributed by atoms with Crippen molar-refractivity contribution in [3.63, 3.8) is 0 Å². The molecule has 4 heterocycles. The first-order valence-corrected chi connectivity index (χ1v) is 21.7. The number of carbonyl (C=O) groups is 3. The molecule has 61 heavy (non-hydrogen) atoms. The Kier molecular flexibility index (Phi) is 12.3. The molecule has 12 nitrogen and oxygen atoms in total. The number of fused-ring (bicyclic) bond motifs is 1. The van der Waals surface area contributed by atoms with Gasteiger partial charge in [0, 0.05) is 18.7 Å². The van der Waals surface area contributed by atoms with Crippen molar-refractivity contribution < 1.29 is 19.1 Å². The molecule has 12 heteroatoms. The summed E-state index contributed by atoms with van der Waals surface area (Å²) in [5.74, 6) is 1.48. The fraction of sp³-hybridized carbons (Fsp3) is 0.367. The van der Waals surface area contributed by atoms with Crippen LogP contribution in [0.15, 0.2) is 103 Å². The Balaban J connectivity index is 0.946. The molecule has 316 valence electrons. The number of amides is 3. The number of imidazole rings is 2. The van der Waals surface area contributed by atoms with Crippen molar-refractivity contribution in [2.75, 3.05) is 33.3 Å². The number of aromatic amines is 2. The van der Waals surface area contributed by atoms with Crippen LogP contribution < -0.4 is 5.32 Å². The van der Waals surface area contributed by atoms with Crippen LogP contribution in [0.25, 0.3) is 44.4 Å². The predicted molar refractivity (Wildman–Crippen MR) is 238 cm³/mol. The average Bonchev–Trinajstić information content (AvgIpc) is 4.14. The average molecular weight is 821 g/mol. The lowest BCUT2D eigenvalue weighted by atomic mass is 9.98. The van der Waals surface area contributed by atoms with Gasteiger partial charge in [-0.3, -0.25) is 14.5 Å². The van der Waals surface area contributed by atoms with Gasteiger partial charge in [-0.25, -0.2) is 14.8 Å². The van der Waals surface area contributed by atoms with Crippen LogP contribution in [0.5, 0.6) is 0 Å². The second-order valence-corrected chi connectivity index (χ2v) is 16.5. The lowest BCUT2D eigenvalue weighted by Crippen LogP contribution is -2.51. The van der Waals surface area contributed by atoms with E-state index < -0.39 is 12.1 Å². The summed E-state index contributed by atoms with van der Waals surface area (Å²) >= 11 is 0. The molecule has 2 saturated heterocycles. The van der Waals surface area contributed by atoms with Gasteiger partial charge in [0.2, 0.25) is 11.8 Å². The van der Waals surface area contributed by atoms with Gasteiger partial charge >= 0.3 is 6.09 Å². The van der Waals surface area contributed by atoms with Crippen LogP contribution in [0.3, 0.4) is 0 Å². The van der Waals surface area contributed by atoms with Crippen molar-refractivity contribution in [2.24, 2.45) is 5.92 Å². The first kappa shape index (κ1) is 41.5. The number of hydrogen-bond acceptors (Lipinski definition) is 7. The predicted octanol–water partition coefficient (Wildman–Crippen LogP) is 9.08. The first-order valence-electron chi connectivity index (χ1n) is 21.7. The molecule has 0 spiro atoms. The molecule has 8 rings (SSSR count). The maximum atomic E-state index is 14.3. The molecule has 6 aromatic rings. The van der Waals surface area contributed by atoms with Crippen LogP contribution in [0.2, 0.25) is 0 Å². The first-order chi connectivity index (χ1) is 29.7. The highest BCUT2D eigenvalue weighted by Crippen LogP contribution is 2.37. The molecule has 3 N–H and O–H groups in total. The molecule has 0 unspecified atom stereocenters. The van der Waals surface area contributed by atoms with E-state index in [4.69, 9.17) is 14.7 Å². The molecule has 2 aliphatic rings. The number of ether oxygens (including phenoxy) is 1. The summed E-state index contributed by atoms with van der Waals surface area (Å²) in [5.41, 5.74) is 7.12. The van der Waals surface area contributed by atoms with Crippen LogP contribution in [0.4, 0.5) is 4.79 Å².